The van der Waals surface area contributed by atoms with E-state index in [1.807, 2.05) is 0 Å². The molecule has 2 fully saturated rings. The zero-order chi connectivity index (χ0) is 16.2. The van der Waals surface area contributed by atoms with Crippen molar-refractivity contribution in [2.75, 3.05) is 7.11 Å². The summed E-state index contributed by atoms with van der Waals surface area (Å²) in [5.74, 6) is 5.92. The van der Waals surface area contributed by atoms with Crippen molar-refractivity contribution in [3.05, 3.63) is 23.0 Å². The lowest BCUT2D eigenvalue weighted by Crippen LogP contribution is -2.50. The number of ether oxygens (including phenoxy) is 1. The summed E-state index contributed by atoms with van der Waals surface area (Å²) in [5.41, 5.74) is 2.37. The fraction of sp³-hybridized carbons (Fsp3) is 0.714. The standard InChI is InChI=1S/C21H28O2/c1-4-21(22)12-10-19-18-7-5-14-13-15(23-3)6-8-16(14)17(18)9-11-20(19,21)2/h1,6,17-19,22H,5,7-13H2,2-3H3/t17-,18-,19+,20+,21+/m1/s1. The Labute approximate surface area is 140 Å². The number of terminal acetylenes is 1. The average Bonchev–Trinajstić information content (AvgIpc) is 2.86. The molecular weight excluding hydrogens is 284 g/mol. The van der Waals surface area contributed by atoms with Crippen molar-refractivity contribution in [1.82, 2.24) is 0 Å². The second-order valence-corrected chi connectivity index (χ2v) is 8.30. The summed E-state index contributed by atoms with van der Waals surface area (Å²) in [7, 11) is 1.79. The van der Waals surface area contributed by atoms with Crippen LogP contribution in [0.4, 0.5) is 0 Å². The summed E-state index contributed by atoms with van der Waals surface area (Å²) in [5, 5.41) is 11.0. The number of methoxy groups -OCH3 is 1. The lowest BCUT2D eigenvalue weighted by Gasteiger charge is -2.53. The van der Waals surface area contributed by atoms with Crippen LogP contribution in [0.15, 0.2) is 23.0 Å². The predicted octanol–water partition coefficient (Wildman–Crippen LogP) is 4.21. The van der Waals surface area contributed by atoms with E-state index in [1.165, 1.54) is 19.3 Å². The lowest BCUT2D eigenvalue weighted by molar-refractivity contribution is -0.0706. The van der Waals surface area contributed by atoms with Crippen LogP contribution in [0.1, 0.15) is 58.3 Å². The van der Waals surface area contributed by atoms with Crippen molar-refractivity contribution >= 4 is 0 Å². The molecule has 5 atom stereocenters. The molecule has 0 saturated heterocycles. The minimum atomic E-state index is -0.882. The van der Waals surface area contributed by atoms with Gasteiger partial charge in [-0.1, -0.05) is 24.0 Å². The van der Waals surface area contributed by atoms with E-state index in [0.717, 1.165) is 37.9 Å². The van der Waals surface area contributed by atoms with Gasteiger partial charge < -0.3 is 9.84 Å². The van der Waals surface area contributed by atoms with Gasteiger partial charge in [0.25, 0.3) is 0 Å². The topological polar surface area (TPSA) is 29.5 Å². The summed E-state index contributed by atoms with van der Waals surface area (Å²) in [6.45, 7) is 2.26. The van der Waals surface area contributed by atoms with E-state index < -0.39 is 5.60 Å². The maximum Gasteiger partial charge on any atom is 0.130 e. The molecule has 0 unspecified atom stereocenters. The third kappa shape index (κ3) is 1.99. The average molecular weight is 312 g/mol. The van der Waals surface area contributed by atoms with Gasteiger partial charge in [0.2, 0.25) is 0 Å². The number of aliphatic hydroxyl groups is 1. The van der Waals surface area contributed by atoms with E-state index >= 15 is 0 Å². The van der Waals surface area contributed by atoms with Gasteiger partial charge in [0.05, 0.1) is 12.9 Å². The molecule has 0 aromatic rings. The van der Waals surface area contributed by atoms with Gasteiger partial charge >= 0.3 is 0 Å². The van der Waals surface area contributed by atoms with Crippen molar-refractivity contribution in [3.63, 3.8) is 0 Å². The molecule has 0 heterocycles. The zero-order valence-electron chi connectivity index (χ0n) is 14.4. The SMILES string of the molecule is C#C[C@]1(O)CC[C@H]2[C@@H]3CCC4=C(CC=C(OC)C4)[C@H]3CC[C@@]21C. The molecule has 23 heavy (non-hydrogen) atoms. The van der Waals surface area contributed by atoms with Gasteiger partial charge in [0.15, 0.2) is 0 Å². The number of fused-ring (bicyclic) bond motifs is 4. The maximum atomic E-state index is 11.0. The molecule has 0 aromatic heterocycles. The molecule has 2 nitrogen and oxygen atoms in total. The highest BCUT2D eigenvalue weighted by atomic mass is 16.5. The van der Waals surface area contributed by atoms with E-state index in [2.05, 4.69) is 18.9 Å². The van der Waals surface area contributed by atoms with Gasteiger partial charge in [-0.25, -0.2) is 0 Å². The van der Waals surface area contributed by atoms with Crippen LogP contribution in [0.2, 0.25) is 0 Å². The van der Waals surface area contributed by atoms with E-state index in [-0.39, 0.29) is 5.41 Å². The van der Waals surface area contributed by atoms with Crippen LogP contribution in [-0.2, 0) is 4.74 Å². The van der Waals surface area contributed by atoms with E-state index in [0.29, 0.717) is 17.8 Å². The molecule has 4 rings (SSSR count). The summed E-state index contributed by atoms with van der Waals surface area (Å²) in [4.78, 5) is 0. The van der Waals surface area contributed by atoms with Crippen LogP contribution < -0.4 is 0 Å². The number of hydrogen-bond donors (Lipinski definition) is 1. The Morgan fingerprint density at radius 2 is 2.13 bits per heavy atom. The predicted molar refractivity (Wildman–Crippen MR) is 91.4 cm³/mol. The molecule has 0 bridgehead atoms. The van der Waals surface area contributed by atoms with Crippen molar-refractivity contribution in [1.29, 1.82) is 0 Å². The largest absolute Gasteiger partial charge is 0.501 e. The van der Waals surface area contributed by atoms with Crippen LogP contribution in [0.3, 0.4) is 0 Å². The van der Waals surface area contributed by atoms with Crippen molar-refractivity contribution in [2.24, 2.45) is 23.2 Å². The first-order chi connectivity index (χ1) is 11.0. The summed E-state index contributed by atoms with van der Waals surface area (Å²) >= 11 is 0. The Hall–Kier alpha value is -1.20. The second kappa shape index (κ2) is 5.15. The fourth-order valence-electron chi connectivity index (χ4n) is 6.30. The third-order valence-corrected chi connectivity index (χ3v) is 7.71. The van der Waals surface area contributed by atoms with E-state index in [4.69, 9.17) is 11.2 Å². The first kappa shape index (κ1) is 15.3. The van der Waals surface area contributed by atoms with Gasteiger partial charge in [-0.3, -0.25) is 0 Å². The Morgan fingerprint density at radius 3 is 2.87 bits per heavy atom. The smallest absolute Gasteiger partial charge is 0.130 e. The van der Waals surface area contributed by atoms with Crippen LogP contribution in [-0.4, -0.2) is 17.8 Å². The highest BCUT2D eigenvalue weighted by molar-refractivity contribution is 5.34. The zero-order valence-corrected chi connectivity index (χ0v) is 14.4. The monoisotopic (exact) mass is 312 g/mol. The quantitative estimate of drug-likeness (QED) is 0.580. The van der Waals surface area contributed by atoms with Gasteiger partial charge in [0.1, 0.15) is 5.60 Å². The molecule has 0 aliphatic heterocycles. The molecule has 0 spiro atoms. The summed E-state index contributed by atoms with van der Waals surface area (Å²) in [6, 6.07) is 0. The number of rotatable bonds is 1. The summed E-state index contributed by atoms with van der Waals surface area (Å²) < 4.78 is 5.48. The third-order valence-electron chi connectivity index (χ3n) is 7.71. The number of hydrogen-bond acceptors (Lipinski definition) is 2. The molecule has 0 amide bonds. The molecular formula is C21H28O2. The summed E-state index contributed by atoms with van der Waals surface area (Å²) in [6.07, 6.45) is 16.7. The lowest BCUT2D eigenvalue weighted by atomic mass is 9.52. The van der Waals surface area contributed by atoms with Crippen molar-refractivity contribution in [3.8, 4) is 12.3 Å². The Balaban J connectivity index is 1.63. The normalized spacial score (nSPS) is 45.5. The molecule has 4 aliphatic carbocycles. The molecule has 0 aromatic carbocycles. The highest BCUT2D eigenvalue weighted by Gasteiger charge is 2.61. The minimum Gasteiger partial charge on any atom is -0.501 e. The first-order valence-electron chi connectivity index (χ1n) is 9.16. The van der Waals surface area contributed by atoms with Crippen LogP contribution in [0.25, 0.3) is 0 Å². The number of allylic oxidation sites excluding steroid dienone is 3. The van der Waals surface area contributed by atoms with Crippen LogP contribution >= 0.6 is 0 Å². The van der Waals surface area contributed by atoms with Crippen molar-refractivity contribution < 1.29 is 9.84 Å². The van der Waals surface area contributed by atoms with E-state index in [9.17, 15) is 5.11 Å². The van der Waals surface area contributed by atoms with Gasteiger partial charge in [-0.05, 0) is 68.8 Å². The Kier molecular flexibility index (Phi) is 3.43. The maximum absolute atomic E-state index is 11.0. The second-order valence-electron chi connectivity index (χ2n) is 8.30. The minimum absolute atomic E-state index is 0.0802. The Morgan fingerprint density at radius 1 is 1.30 bits per heavy atom. The molecule has 2 saturated carbocycles. The molecule has 4 aliphatic rings. The molecule has 0 radical (unpaired) electrons. The first-order valence-corrected chi connectivity index (χ1v) is 9.16. The fourth-order valence-corrected chi connectivity index (χ4v) is 6.30. The van der Waals surface area contributed by atoms with Gasteiger partial charge in [0, 0.05) is 11.8 Å². The van der Waals surface area contributed by atoms with Crippen molar-refractivity contribution in [2.45, 2.75) is 63.9 Å². The Bertz CT molecular complexity index is 622. The van der Waals surface area contributed by atoms with Gasteiger partial charge in [-0.2, -0.15) is 0 Å². The highest BCUT2D eigenvalue weighted by Crippen LogP contribution is 2.64. The van der Waals surface area contributed by atoms with Crippen LogP contribution in [0.5, 0.6) is 0 Å². The molecule has 124 valence electrons. The van der Waals surface area contributed by atoms with E-state index in [1.54, 1.807) is 18.3 Å². The van der Waals surface area contributed by atoms with Gasteiger partial charge in [-0.15, -0.1) is 6.42 Å². The molecule has 2 heteroatoms. The molecule has 1 N–H and O–H groups in total. The van der Waals surface area contributed by atoms with Crippen LogP contribution in [0, 0.1) is 35.5 Å².